The number of hydrogen-bond acceptors (Lipinski definition) is 7. The standard InChI is InChI=1S/C21H27F3N6O2S/c1-16-25-19(28-9-7-27(2)8-10-28)15-20(26-16)29-11-13-30(14-12-29)33(31,32)18-5-3-17(4-6-18)21(22,23)24/h3-6,15H,7-14H2,1-2H3. The number of rotatable bonds is 4. The highest BCUT2D eigenvalue weighted by Crippen LogP contribution is 2.30. The van der Waals surface area contributed by atoms with Crippen LogP contribution in [0.1, 0.15) is 11.4 Å². The molecule has 0 spiro atoms. The van der Waals surface area contributed by atoms with E-state index in [0.29, 0.717) is 18.9 Å². The Labute approximate surface area is 191 Å². The fourth-order valence-electron chi connectivity index (χ4n) is 4.02. The fourth-order valence-corrected chi connectivity index (χ4v) is 5.44. The van der Waals surface area contributed by atoms with Gasteiger partial charge in [0.25, 0.3) is 0 Å². The summed E-state index contributed by atoms with van der Waals surface area (Å²) in [6.45, 7) is 6.81. The Hall–Kier alpha value is -2.44. The van der Waals surface area contributed by atoms with Gasteiger partial charge in [-0.15, -0.1) is 0 Å². The molecule has 0 N–H and O–H groups in total. The van der Waals surface area contributed by atoms with Crippen molar-refractivity contribution >= 4 is 21.7 Å². The van der Waals surface area contributed by atoms with Gasteiger partial charge in [0.05, 0.1) is 10.5 Å². The number of nitrogens with zero attached hydrogens (tertiary/aromatic N) is 6. The van der Waals surface area contributed by atoms with Crippen LogP contribution in [0.15, 0.2) is 35.2 Å². The van der Waals surface area contributed by atoms with Gasteiger partial charge in [0.1, 0.15) is 17.5 Å². The van der Waals surface area contributed by atoms with E-state index >= 15 is 0 Å². The summed E-state index contributed by atoms with van der Waals surface area (Å²) in [5.74, 6) is 2.27. The zero-order valence-corrected chi connectivity index (χ0v) is 19.4. The molecular weight excluding hydrogens is 457 g/mol. The molecule has 2 aromatic rings. The molecule has 0 amide bonds. The molecule has 0 aliphatic carbocycles. The summed E-state index contributed by atoms with van der Waals surface area (Å²) < 4.78 is 65.5. The lowest BCUT2D eigenvalue weighted by atomic mass is 10.2. The third kappa shape index (κ3) is 5.22. The number of anilines is 2. The lowest BCUT2D eigenvalue weighted by Gasteiger charge is -2.36. The van der Waals surface area contributed by atoms with Gasteiger partial charge < -0.3 is 14.7 Å². The van der Waals surface area contributed by atoms with E-state index in [1.54, 1.807) is 0 Å². The molecule has 12 heteroatoms. The Morgan fingerprint density at radius 1 is 0.818 bits per heavy atom. The minimum absolute atomic E-state index is 0.140. The molecule has 180 valence electrons. The van der Waals surface area contributed by atoms with Crippen molar-refractivity contribution in [3.8, 4) is 0 Å². The van der Waals surface area contributed by atoms with E-state index in [0.717, 1.165) is 62.1 Å². The SMILES string of the molecule is Cc1nc(N2CCN(C)CC2)cc(N2CCN(S(=O)(=O)c3ccc(C(F)(F)F)cc3)CC2)n1. The molecule has 8 nitrogen and oxygen atoms in total. The van der Waals surface area contributed by atoms with Gasteiger partial charge >= 0.3 is 6.18 Å². The second kappa shape index (κ2) is 9.07. The van der Waals surface area contributed by atoms with Crippen LogP contribution >= 0.6 is 0 Å². The Bertz CT molecular complexity index is 1080. The van der Waals surface area contributed by atoms with Crippen molar-refractivity contribution in [3.63, 3.8) is 0 Å². The normalized spacial score (nSPS) is 19.2. The lowest BCUT2D eigenvalue weighted by Crippen LogP contribution is -2.49. The Morgan fingerprint density at radius 3 is 1.79 bits per heavy atom. The number of halogens is 3. The Morgan fingerprint density at radius 2 is 1.30 bits per heavy atom. The lowest BCUT2D eigenvalue weighted by molar-refractivity contribution is -0.137. The van der Waals surface area contributed by atoms with Gasteiger partial charge in [-0.05, 0) is 38.2 Å². The molecular formula is C21H27F3N6O2S. The molecule has 0 unspecified atom stereocenters. The van der Waals surface area contributed by atoms with E-state index in [4.69, 9.17) is 0 Å². The zero-order valence-electron chi connectivity index (χ0n) is 18.6. The summed E-state index contributed by atoms with van der Waals surface area (Å²) in [4.78, 5) is 15.5. The minimum atomic E-state index is -4.51. The maximum absolute atomic E-state index is 12.9. The van der Waals surface area contributed by atoms with Crippen LogP contribution in [-0.4, -0.2) is 87.0 Å². The van der Waals surface area contributed by atoms with Gasteiger partial charge in [0, 0.05) is 58.4 Å². The second-order valence-electron chi connectivity index (χ2n) is 8.34. The van der Waals surface area contributed by atoms with Gasteiger partial charge in [0.2, 0.25) is 10.0 Å². The van der Waals surface area contributed by atoms with E-state index in [2.05, 4.69) is 26.8 Å². The molecule has 2 fully saturated rings. The number of hydrogen-bond donors (Lipinski definition) is 0. The number of sulfonamides is 1. The largest absolute Gasteiger partial charge is 0.416 e. The molecule has 3 heterocycles. The van der Waals surface area contributed by atoms with Crippen molar-refractivity contribution < 1.29 is 21.6 Å². The molecule has 0 atom stereocenters. The van der Waals surface area contributed by atoms with Crippen LogP contribution in [0.5, 0.6) is 0 Å². The summed E-state index contributed by atoms with van der Waals surface area (Å²) >= 11 is 0. The van der Waals surface area contributed by atoms with E-state index in [9.17, 15) is 21.6 Å². The number of benzene rings is 1. The average Bonchev–Trinajstić information content (AvgIpc) is 2.79. The first kappa shape index (κ1) is 23.7. The van der Waals surface area contributed by atoms with Crippen molar-refractivity contribution in [3.05, 3.63) is 41.7 Å². The monoisotopic (exact) mass is 484 g/mol. The molecule has 2 saturated heterocycles. The van der Waals surface area contributed by atoms with Crippen LogP contribution in [-0.2, 0) is 16.2 Å². The third-order valence-electron chi connectivity index (χ3n) is 6.02. The van der Waals surface area contributed by atoms with Crippen LogP contribution in [0.4, 0.5) is 24.8 Å². The molecule has 33 heavy (non-hydrogen) atoms. The van der Waals surface area contributed by atoms with Crippen molar-refractivity contribution in [2.24, 2.45) is 0 Å². The van der Waals surface area contributed by atoms with Crippen LogP contribution in [0.25, 0.3) is 0 Å². The van der Waals surface area contributed by atoms with Crippen LogP contribution in [0, 0.1) is 6.92 Å². The highest BCUT2D eigenvalue weighted by Gasteiger charge is 2.33. The average molecular weight is 485 g/mol. The number of piperazine rings is 2. The summed E-state index contributed by atoms with van der Waals surface area (Å²) in [6.07, 6.45) is -4.51. The van der Waals surface area contributed by atoms with E-state index < -0.39 is 21.8 Å². The van der Waals surface area contributed by atoms with Gasteiger partial charge in [-0.1, -0.05) is 0 Å². The summed E-state index contributed by atoms with van der Waals surface area (Å²) in [6, 6.07) is 5.57. The number of aryl methyl sites for hydroxylation is 1. The summed E-state index contributed by atoms with van der Waals surface area (Å²) in [7, 11) is -1.79. The molecule has 0 radical (unpaired) electrons. The third-order valence-corrected chi connectivity index (χ3v) is 7.93. The van der Waals surface area contributed by atoms with Crippen molar-refractivity contribution in [1.82, 2.24) is 19.2 Å². The van der Waals surface area contributed by atoms with Crippen molar-refractivity contribution in [1.29, 1.82) is 0 Å². The topological polar surface area (TPSA) is 72.9 Å². The highest BCUT2D eigenvalue weighted by atomic mass is 32.2. The van der Waals surface area contributed by atoms with Crippen LogP contribution < -0.4 is 9.80 Å². The van der Waals surface area contributed by atoms with Crippen molar-refractivity contribution in [2.75, 3.05) is 69.2 Å². The Balaban J connectivity index is 1.44. The van der Waals surface area contributed by atoms with Gasteiger partial charge in [-0.3, -0.25) is 0 Å². The molecule has 1 aromatic heterocycles. The molecule has 1 aromatic carbocycles. The Kier molecular flexibility index (Phi) is 6.52. The first-order valence-corrected chi connectivity index (χ1v) is 12.2. The molecule has 0 saturated carbocycles. The fraction of sp³-hybridized carbons (Fsp3) is 0.524. The second-order valence-corrected chi connectivity index (χ2v) is 10.3. The maximum Gasteiger partial charge on any atom is 0.416 e. The number of likely N-dealkylation sites (N-methyl/N-ethyl adjacent to an activating group) is 1. The molecule has 4 rings (SSSR count). The van der Waals surface area contributed by atoms with E-state index in [1.807, 2.05) is 17.9 Å². The van der Waals surface area contributed by atoms with Gasteiger partial charge in [-0.25, -0.2) is 18.4 Å². The number of aromatic nitrogens is 2. The molecule has 2 aliphatic rings. The smallest absolute Gasteiger partial charge is 0.354 e. The first-order chi connectivity index (χ1) is 15.5. The van der Waals surface area contributed by atoms with Crippen molar-refractivity contribution in [2.45, 2.75) is 18.0 Å². The number of alkyl halides is 3. The zero-order chi connectivity index (χ0) is 23.8. The molecule has 2 aliphatic heterocycles. The summed E-state index contributed by atoms with van der Waals surface area (Å²) in [5.41, 5.74) is -0.874. The predicted octanol–water partition coefficient (Wildman–Crippen LogP) is 2.07. The van der Waals surface area contributed by atoms with E-state index in [1.165, 1.54) is 4.31 Å². The highest BCUT2D eigenvalue weighted by molar-refractivity contribution is 7.89. The van der Waals surface area contributed by atoms with Crippen LogP contribution in [0.3, 0.4) is 0 Å². The summed E-state index contributed by atoms with van der Waals surface area (Å²) in [5, 5.41) is 0. The molecule has 0 bridgehead atoms. The predicted molar refractivity (Wildman–Crippen MR) is 119 cm³/mol. The minimum Gasteiger partial charge on any atom is -0.354 e. The van der Waals surface area contributed by atoms with Crippen LogP contribution in [0.2, 0.25) is 0 Å². The maximum atomic E-state index is 12.9. The first-order valence-electron chi connectivity index (χ1n) is 10.8. The van der Waals surface area contributed by atoms with Gasteiger partial charge in [-0.2, -0.15) is 17.5 Å². The van der Waals surface area contributed by atoms with Gasteiger partial charge in [0.15, 0.2) is 0 Å². The van der Waals surface area contributed by atoms with E-state index in [-0.39, 0.29) is 18.0 Å². The quantitative estimate of drug-likeness (QED) is 0.658.